The molecule has 1 aromatic heterocycles. The van der Waals surface area contributed by atoms with Gasteiger partial charge in [-0.25, -0.2) is 0 Å². The molecule has 0 bridgehead atoms. The molecule has 5 rings (SSSR count). The van der Waals surface area contributed by atoms with Crippen LogP contribution in [0.15, 0.2) is 50.9 Å². The predicted molar refractivity (Wildman–Crippen MR) is 161 cm³/mol. The molecule has 2 aliphatic heterocycles. The minimum Gasteiger partial charge on any atom is -0.404 e. The molecule has 0 radical (unpaired) electrons. The fourth-order valence-electron chi connectivity index (χ4n) is 6.70. The van der Waals surface area contributed by atoms with E-state index in [1.54, 1.807) is 0 Å². The zero-order chi connectivity index (χ0) is 28.9. The first-order valence-electron chi connectivity index (χ1n) is 15.2. The van der Waals surface area contributed by atoms with E-state index in [1.807, 2.05) is 24.8 Å². The molecular formula is C32H44N6O3. The molecular weight excluding hydrogens is 516 g/mol. The first kappa shape index (κ1) is 29.0. The van der Waals surface area contributed by atoms with Gasteiger partial charge in [0, 0.05) is 48.6 Å². The highest BCUT2D eigenvalue weighted by molar-refractivity contribution is 6.13. The molecule has 9 nitrogen and oxygen atoms in total. The molecule has 2 fully saturated rings. The van der Waals surface area contributed by atoms with E-state index < -0.39 is 5.92 Å². The van der Waals surface area contributed by atoms with Crippen molar-refractivity contribution in [2.45, 2.75) is 77.8 Å². The number of nitrogens with one attached hydrogen (secondary N) is 3. The van der Waals surface area contributed by atoms with Crippen LogP contribution in [0, 0.1) is 25.7 Å². The van der Waals surface area contributed by atoms with Crippen LogP contribution in [0.1, 0.15) is 68.2 Å². The number of amides is 2. The van der Waals surface area contributed by atoms with Crippen LogP contribution in [0.3, 0.4) is 0 Å². The Labute approximate surface area is 242 Å². The number of piperidine rings is 1. The standard InChI is InChI=1S/C32H44N6O3/c1-20-15-21(2)36-31(40)28(20)19-35-30(39)26-16-24(17-29(27(26)18-33)37-25-5-3-4-6-25)22-9-13-38(14-10-22)32(41)23-7-11-34-12-8-23/h9,15,17-18,23,25-26,34H,3-8,10-14,16,19,33H2,1-2H3,(H,35,39)(H,36,40)/t26-/m1/s1. The lowest BCUT2D eigenvalue weighted by Crippen LogP contribution is -2.43. The van der Waals surface area contributed by atoms with Gasteiger partial charge in [0.05, 0.1) is 17.7 Å². The zero-order valence-electron chi connectivity index (χ0n) is 24.4. The van der Waals surface area contributed by atoms with Crippen molar-refractivity contribution >= 4 is 17.5 Å². The first-order chi connectivity index (χ1) is 19.8. The third-order valence-electron chi connectivity index (χ3n) is 9.10. The number of H-pyrrole nitrogens is 1. The van der Waals surface area contributed by atoms with Gasteiger partial charge in [-0.2, -0.15) is 0 Å². The monoisotopic (exact) mass is 560 g/mol. The van der Waals surface area contributed by atoms with Gasteiger partial charge in [0.2, 0.25) is 11.8 Å². The molecule has 1 saturated carbocycles. The molecule has 4 aliphatic rings. The van der Waals surface area contributed by atoms with E-state index in [9.17, 15) is 14.4 Å². The average molecular weight is 561 g/mol. The van der Waals surface area contributed by atoms with Crippen molar-refractivity contribution < 1.29 is 9.59 Å². The lowest BCUT2D eigenvalue weighted by molar-refractivity contribution is -0.136. The summed E-state index contributed by atoms with van der Waals surface area (Å²) >= 11 is 0. The second kappa shape index (κ2) is 13.0. The lowest BCUT2D eigenvalue weighted by Gasteiger charge is -2.34. The highest BCUT2D eigenvalue weighted by Crippen LogP contribution is 2.35. The molecule has 220 valence electrons. The number of rotatable bonds is 6. The van der Waals surface area contributed by atoms with E-state index in [4.69, 9.17) is 10.7 Å². The zero-order valence-corrected chi connectivity index (χ0v) is 24.4. The molecule has 1 saturated heterocycles. The Morgan fingerprint density at radius 2 is 1.90 bits per heavy atom. The summed E-state index contributed by atoms with van der Waals surface area (Å²) in [5, 5.41) is 6.35. The number of hydrogen-bond acceptors (Lipinski definition) is 6. The van der Waals surface area contributed by atoms with Gasteiger partial charge in [0.25, 0.3) is 5.56 Å². The summed E-state index contributed by atoms with van der Waals surface area (Å²) in [5.74, 6) is -0.292. The first-order valence-corrected chi connectivity index (χ1v) is 15.2. The summed E-state index contributed by atoms with van der Waals surface area (Å²) < 4.78 is 0. The summed E-state index contributed by atoms with van der Waals surface area (Å²) in [4.78, 5) is 49.2. The van der Waals surface area contributed by atoms with Crippen LogP contribution >= 0.6 is 0 Å². The van der Waals surface area contributed by atoms with Crippen molar-refractivity contribution in [1.29, 1.82) is 0 Å². The summed E-state index contributed by atoms with van der Waals surface area (Å²) in [6.07, 6.45) is 13.3. The Morgan fingerprint density at radius 3 is 2.56 bits per heavy atom. The lowest BCUT2D eigenvalue weighted by atomic mass is 9.79. The number of aromatic nitrogens is 1. The molecule has 1 atom stereocenters. The van der Waals surface area contributed by atoms with Crippen LogP contribution in [0.5, 0.6) is 0 Å². The smallest absolute Gasteiger partial charge is 0.253 e. The minimum absolute atomic E-state index is 0.111. The van der Waals surface area contributed by atoms with Crippen molar-refractivity contribution in [2.24, 2.45) is 22.6 Å². The molecule has 2 aliphatic carbocycles. The third-order valence-corrected chi connectivity index (χ3v) is 9.10. The van der Waals surface area contributed by atoms with Crippen molar-refractivity contribution in [1.82, 2.24) is 20.5 Å². The van der Waals surface area contributed by atoms with Crippen LogP contribution in [-0.4, -0.2) is 59.6 Å². The number of allylic oxidation sites excluding steroid dienone is 2. The third kappa shape index (κ3) is 6.72. The number of aromatic amines is 1. The van der Waals surface area contributed by atoms with Crippen molar-refractivity contribution in [3.8, 4) is 0 Å². The van der Waals surface area contributed by atoms with Gasteiger partial charge in [0.1, 0.15) is 0 Å². The molecule has 41 heavy (non-hydrogen) atoms. The summed E-state index contributed by atoms with van der Waals surface area (Å²) in [5.41, 5.74) is 12.0. The Hall–Kier alpha value is -3.46. The molecule has 1 aromatic rings. The van der Waals surface area contributed by atoms with E-state index in [1.165, 1.54) is 24.6 Å². The highest BCUT2D eigenvalue weighted by atomic mass is 16.2. The number of carbonyl (C=O) groups excluding carboxylic acids is 2. The quantitative estimate of drug-likeness (QED) is 0.425. The van der Waals surface area contributed by atoms with Crippen molar-refractivity contribution in [3.63, 3.8) is 0 Å². The minimum atomic E-state index is -0.500. The summed E-state index contributed by atoms with van der Waals surface area (Å²) in [6, 6.07) is 2.16. The van der Waals surface area contributed by atoms with Gasteiger partial charge in [-0.3, -0.25) is 19.4 Å². The molecule has 3 heterocycles. The molecule has 0 spiro atoms. The SMILES string of the molecule is Cc1cc(C)c(CNC(=O)[C@@H]2CC(C3=CCN(C(=O)C4CCNCC4)CC3)=CC(=NC3CCCC3)C2=CN)c(=O)[nH]1. The molecule has 5 N–H and O–H groups in total. The maximum absolute atomic E-state index is 13.7. The largest absolute Gasteiger partial charge is 0.404 e. The van der Waals surface area contributed by atoms with E-state index in [0.29, 0.717) is 25.1 Å². The van der Waals surface area contributed by atoms with E-state index in [-0.39, 0.29) is 35.9 Å². The topological polar surface area (TPSA) is 133 Å². The van der Waals surface area contributed by atoms with Gasteiger partial charge in [-0.1, -0.05) is 18.9 Å². The van der Waals surface area contributed by atoms with E-state index in [2.05, 4.69) is 27.8 Å². The Morgan fingerprint density at radius 1 is 1.15 bits per heavy atom. The van der Waals surface area contributed by atoms with Crippen LogP contribution in [0.25, 0.3) is 0 Å². The number of carbonyl (C=O) groups is 2. The second-order valence-electron chi connectivity index (χ2n) is 11.9. The van der Waals surface area contributed by atoms with Crippen LogP contribution in [0.2, 0.25) is 0 Å². The van der Waals surface area contributed by atoms with Crippen LogP contribution < -0.4 is 21.9 Å². The van der Waals surface area contributed by atoms with Crippen molar-refractivity contribution in [3.05, 3.63) is 68.3 Å². The number of nitrogens with two attached hydrogens (primary N) is 1. The summed E-state index contributed by atoms with van der Waals surface area (Å²) in [7, 11) is 0. The highest BCUT2D eigenvalue weighted by Gasteiger charge is 2.34. The van der Waals surface area contributed by atoms with E-state index >= 15 is 0 Å². The molecule has 0 unspecified atom stereocenters. The normalized spacial score (nSPS) is 24.4. The Kier molecular flexibility index (Phi) is 9.22. The number of hydrogen-bond donors (Lipinski definition) is 4. The molecule has 2 amide bonds. The summed E-state index contributed by atoms with van der Waals surface area (Å²) in [6.45, 7) is 6.97. The molecule has 0 aromatic carbocycles. The number of pyridine rings is 1. The second-order valence-corrected chi connectivity index (χ2v) is 11.9. The van der Waals surface area contributed by atoms with Gasteiger partial charge in [-0.05, 0) is 94.3 Å². The predicted octanol–water partition coefficient (Wildman–Crippen LogP) is 2.94. The van der Waals surface area contributed by atoms with Gasteiger partial charge < -0.3 is 26.3 Å². The number of nitrogens with zero attached hydrogens (tertiary/aromatic N) is 2. The van der Waals surface area contributed by atoms with E-state index in [0.717, 1.165) is 73.3 Å². The maximum atomic E-state index is 13.7. The fourth-order valence-corrected chi connectivity index (χ4v) is 6.70. The van der Waals surface area contributed by atoms with Crippen LogP contribution in [-0.2, 0) is 16.1 Å². The Balaban J connectivity index is 1.36. The fraction of sp³-hybridized carbons (Fsp3) is 0.562. The van der Waals surface area contributed by atoms with Crippen LogP contribution in [0.4, 0.5) is 0 Å². The Bertz CT molecular complexity index is 1340. The van der Waals surface area contributed by atoms with Gasteiger partial charge in [-0.15, -0.1) is 0 Å². The molecule has 9 heteroatoms. The number of aliphatic imine (C=N–C) groups is 1. The van der Waals surface area contributed by atoms with Gasteiger partial charge >= 0.3 is 0 Å². The average Bonchev–Trinajstić information content (AvgIpc) is 3.49. The number of aryl methyl sites for hydroxylation is 2. The maximum Gasteiger partial charge on any atom is 0.253 e. The van der Waals surface area contributed by atoms with Gasteiger partial charge in [0.15, 0.2) is 0 Å². The van der Waals surface area contributed by atoms with Crippen molar-refractivity contribution in [2.75, 3.05) is 26.2 Å².